The molecule has 0 spiro atoms. The van der Waals surface area contributed by atoms with Gasteiger partial charge in [0.15, 0.2) is 5.69 Å². The van der Waals surface area contributed by atoms with E-state index in [1.165, 1.54) is 4.57 Å². The minimum Gasteiger partial charge on any atom is -0.501 e. The molecule has 1 amide bonds. The van der Waals surface area contributed by atoms with E-state index in [1.54, 1.807) is 0 Å². The summed E-state index contributed by atoms with van der Waals surface area (Å²) in [6.07, 6.45) is 0. The first kappa shape index (κ1) is 16.2. The molecule has 0 radical (unpaired) electrons. The summed E-state index contributed by atoms with van der Waals surface area (Å²) in [6.45, 7) is 4.46. The van der Waals surface area contributed by atoms with E-state index in [0.29, 0.717) is 19.0 Å². The Hall–Kier alpha value is -2.67. The van der Waals surface area contributed by atoms with E-state index in [1.807, 2.05) is 56.1 Å². The molecule has 0 aliphatic carbocycles. The lowest BCUT2D eigenvalue weighted by molar-refractivity contribution is 0.0941. The molecule has 1 aliphatic heterocycles. The van der Waals surface area contributed by atoms with Crippen LogP contribution in [0.4, 0.5) is 0 Å². The highest BCUT2D eigenvalue weighted by atomic mass is 16.3. The van der Waals surface area contributed by atoms with Gasteiger partial charge in [0.2, 0.25) is 5.75 Å². The van der Waals surface area contributed by atoms with Crippen molar-refractivity contribution in [2.45, 2.75) is 32.6 Å². The number of nitrogens with zero attached hydrogens (tertiary/aromatic N) is 3. The van der Waals surface area contributed by atoms with Crippen LogP contribution in [0.5, 0.6) is 5.75 Å². The largest absolute Gasteiger partial charge is 0.501 e. The minimum absolute atomic E-state index is 0.231. The molecule has 3 rings (SSSR count). The third-order valence-electron chi connectivity index (χ3n) is 4.51. The number of benzene rings is 1. The number of aromatic nitrogens is 2. The Kier molecular flexibility index (Phi) is 3.88. The number of carbonyl (C=O) groups excluding carboxylic acids is 1. The topological polar surface area (TPSA) is 87.5 Å². The molecule has 2 aromatic rings. The Labute approximate surface area is 139 Å². The van der Waals surface area contributed by atoms with Crippen LogP contribution in [0.1, 0.15) is 35.7 Å². The van der Waals surface area contributed by atoms with E-state index in [4.69, 9.17) is 0 Å². The van der Waals surface area contributed by atoms with E-state index >= 15 is 0 Å². The van der Waals surface area contributed by atoms with E-state index < -0.39 is 22.8 Å². The molecular formula is C17H20N4O3. The number of hydrogen-bond acceptors (Lipinski definition) is 5. The number of aromatic hydroxyl groups is 1. The molecule has 0 bridgehead atoms. The molecule has 0 atom stereocenters. The molecule has 0 saturated carbocycles. The highest BCUT2D eigenvalue weighted by Crippen LogP contribution is 2.31. The predicted octanol–water partition coefficient (Wildman–Crippen LogP) is 1.02. The predicted molar refractivity (Wildman–Crippen MR) is 88.6 cm³/mol. The van der Waals surface area contributed by atoms with Crippen molar-refractivity contribution in [1.82, 2.24) is 19.8 Å². The van der Waals surface area contributed by atoms with Gasteiger partial charge in [0.1, 0.15) is 5.82 Å². The van der Waals surface area contributed by atoms with Crippen LogP contribution in [-0.4, -0.2) is 32.5 Å². The maximum absolute atomic E-state index is 12.4. The smallest absolute Gasteiger partial charge is 0.297 e. The van der Waals surface area contributed by atoms with Gasteiger partial charge in [0.05, 0.1) is 12.2 Å². The maximum Gasteiger partial charge on any atom is 0.297 e. The highest BCUT2D eigenvalue weighted by Gasteiger charge is 2.39. The van der Waals surface area contributed by atoms with Crippen LogP contribution >= 0.6 is 0 Å². The van der Waals surface area contributed by atoms with Gasteiger partial charge >= 0.3 is 0 Å². The van der Waals surface area contributed by atoms with Gasteiger partial charge in [-0.2, -0.15) is 0 Å². The quantitative estimate of drug-likeness (QED) is 0.878. The Balaban J connectivity index is 1.92. The fourth-order valence-electron chi connectivity index (χ4n) is 2.72. The van der Waals surface area contributed by atoms with Crippen LogP contribution in [0.3, 0.4) is 0 Å². The number of hydrogen-bond donors (Lipinski definition) is 2. The van der Waals surface area contributed by atoms with Crippen molar-refractivity contribution in [3.63, 3.8) is 0 Å². The lowest BCUT2D eigenvalue weighted by Gasteiger charge is -2.25. The van der Waals surface area contributed by atoms with Crippen molar-refractivity contribution >= 4 is 5.91 Å². The Morgan fingerprint density at radius 1 is 1.33 bits per heavy atom. The Morgan fingerprint density at radius 3 is 2.67 bits per heavy atom. The summed E-state index contributed by atoms with van der Waals surface area (Å²) in [4.78, 5) is 31.0. The van der Waals surface area contributed by atoms with Crippen LogP contribution in [0.25, 0.3) is 0 Å². The first-order chi connectivity index (χ1) is 11.3. The highest BCUT2D eigenvalue weighted by molar-refractivity contribution is 5.94. The second kappa shape index (κ2) is 5.76. The summed E-state index contributed by atoms with van der Waals surface area (Å²) < 4.78 is 1.39. The van der Waals surface area contributed by atoms with Gasteiger partial charge in [-0.25, -0.2) is 4.98 Å². The van der Waals surface area contributed by atoms with Gasteiger partial charge in [0, 0.05) is 6.54 Å². The molecule has 126 valence electrons. The van der Waals surface area contributed by atoms with Crippen LogP contribution in [0, 0.1) is 0 Å². The summed E-state index contributed by atoms with van der Waals surface area (Å²) in [7, 11) is 1.86. The van der Waals surface area contributed by atoms with Crippen molar-refractivity contribution in [2.24, 2.45) is 0 Å². The zero-order chi connectivity index (χ0) is 17.5. The molecule has 2 heterocycles. The molecule has 1 aromatic carbocycles. The second-order valence-corrected chi connectivity index (χ2v) is 6.43. The summed E-state index contributed by atoms with van der Waals surface area (Å²) >= 11 is 0. The van der Waals surface area contributed by atoms with Crippen molar-refractivity contribution < 1.29 is 9.90 Å². The molecule has 0 saturated heterocycles. The molecular weight excluding hydrogens is 308 g/mol. The van der Waals surface area contributed by atoms with E-state index in [0.717, 1.165) is 5.56 Å². The number of rotatable bonds is 3. The standard InChI is InChI=1S/C17H20N4O3/c1-17(2)16-19-12(13(22)15(24)21(16)10-20(17)3)14(23)18-9-11-7-5-4-6-8-11/h4-8,22H,9-10H2,1-3H3,(H,18,23). The molecule has 2 N–H and O–H groups in total. The first-order valence-electron chi connectivity index (χ1n) is 7.70. The zero-order valence-electron chi connectivity index (χ0n) is 13.9. The SMILES string of the molecule is CN1Cn2c(nc(C(=O)NCc3ccccc3)c(O)c2=O)C1(C)C. The molecule has 0 fully saturated rings. The third kappa shape index (κ3) is 2.56. The summed E-state index contributed by atoms with van der Waals surface area (Å²) in [5.41, 5.74) is -0.405. The fourth-order valence-corrected chi connectivity index (χ4v) is 2.72. The van der Waals surface area contributed by atoms with Gasteiger partial charge < -0.3 is 10.4 Å². The first-order valence-corrected chi connectivity index (χ1v) is 7.70. The van der Waals surface area contributed by atoms with E-state index in [2.05, 4.69) is 10.3 Å². The number of amides is 1. The second-order valence-electron chi connectivity index (χ2n) is 6.43. The summed E-state index contributed by atoms with van der Waals surface area (Å²) in [5, 5.41) is 12.8. The maximum atomic E-state index is 12.4. The van der Waals surface area contributed by atoms with Gasteiger partial charge in [-0.05, 0) is 26.5 Å². The molecule has 0 unspecified atom stereocenters. The van der Waals surface area contributed by atoms with Crippen molar-refractivity contribution in [3.05, 3.63) is 57.8 Å². The van der Waals surface area contributed by atoms with Gasteiger partial charge in [0.25, 0.3) is 11.5 Å². The number of fused-ring (bicyclic) bond motifs is 1. The average molecular weight is 328 g/mol. The van der Waals surface area contributed by atoms with Crippen LogP contribution < -0.4 is 10.9 Å². The van der Waals surface area contributed by atoms with Crippen LogP contribution in [0.2, 0.25) is 0 Å². The van der Waals surface area contributed by atoms with Crippen LogP contribution in [0.15, 0.2) is 35.1 Å². The molecule has 1 aliphatic rings. The molecule has 7 heteroatoms. The van der Waals surface area contributed by atoms with Gasteiger partial charge in [-0.1, -0.05) is 30.3 Å². The van der Waals surface area contributed by atoms with E-state index in [-0.39, 0.29) is 5.69 Å². The minimum atomic E-state index is -0.615. The normalized spacial score (nSPS) is 16.0. The molecule has 24 heavy (non-hydrogen) atoms. The third-order valence-corrected chi connectivity index (χ3v) is 4.51. The van der Waals surface area contributed by atoms with Gasteiger partial charge in [-0.15, -0.1) is 0 Å². The number of carbonyl (C=O) groups is 1. The monoisotopic (exact) mass is 328 g/mol. The Morgan fingerprint density at radius 2 is 2.00 bits per heavy atom. The lowest BCUT2D eigenvalue weighted by atomic mass is 10.0. The molecule has 1 aromatic heterocycles. The molecule has 7 nitrogen and oxygen atoms in total. The van der Waals surface area contributed by atoms with Crippen molar-refractivity contribution in [2.75, 3.05) is 7.05 Å². The average Bonchev–Trinajstić information content (AvgIpc) is 2.80. The summed E-state index contributed by atoms with van der Waals surface area (Å²) in [5.74, 6) is -0.713. The van der Waals surface area contributed by atoms with Crippen molar-refractivity contribution in [3.8, 4) is 5.75 Å². The number of nitrogens with one attached hydrogen (secondary N) is 1. The van der Waals surface area contributed by atoms with E-state index in [9.17, 15) is 14.7 Å². The Bertz CT molecular complexity index is 843. The summed E-state index contributed by atoms with van der Waals surface area (Å²) in [6, 6.07) is 9.39. The zero-order valence-corrected chi connectivity index (χ0v) is 13.9. The fraction of sp³-hybridized carbons (Fsp3) is 0.353. The lowest BCUT2D eigenvalue weighted by Crippen LogP contribution is -2.33. The van der Waals surface area contributed by atoms with Crippen LogP contribution in [-0.2, 0) is 18.8 Å². The van der Waals surface area contributed by atoms with Crippen molar-refractivity contribution in [1.29, 1.82) is 0 Å². The van der Waals surface area contributed by atoms with Gasteiger partial charge in [-0.3, -0.25) is 19.1 Å².